The predicted molar refractivity (Wildman–Crippen MR) is 103 cm³/mol. The van der Waals surface area contributed by atoms with E-state index in [2.05, 4.69) is 35.0 Å². The van der Waals surface area contributed by atoms with Gasteiger partial charge in [-0.25, -0.2) is 0 Å². The molecule has 3 nitrogen and oxygen atoms in total. The van der Waals surface area contributed by atoms with E-state index < -0.39 is 0 Å². The van der Waals surface area contributed by atoms with Crippen LogP contribution in [0.25, 0.3) is 0 Å². The Morgan fingerprint density at radius 2 is 1.84 bits per heavy atom. The number of hydrogen-bond acceptors (Lipinski definition) is 2. The van der Waals surface area contributed by atoms with Crippen molar-refractivity contribution in [2.45, 2.75) is 49.8 Å². The van der Waals surface area contributed by atoms with Crippen molar-refractivity contribution in [3.8, 4) is 5.75 Å². The van der Waals surface area contributed by atoms with Crippen LogP contribution in [-0.2, 0) is 4.79 Å². The number of benzene rings is 1. The Labute approximate surface area is 159 Å². The lowest BCUT2D eigenvalue weighted by Crippen LogP contribution is -2.58. The van der Waals surface area contributed by atoms with Gasteiger partial charge < -0.3 is 9.64 Å². The molecule has 1 amide bonds. The van der Waals surface area contributed by atoms with E-state index in [1.807, 2.05) is 24.1 Å². The molecule has 25 heavy (non-hydrogen) atoms. The van der Waals surface area contributed by atoms with E-state index in [4.69, 9.17) is 4.74 Å². The summed E-state index contributed by atoms with van der Waals surface area (Å²) in [6.45, 7) is 3.27. The molecule has 4 saturated carbocycles. The van der Waals surface area contributed by atoms with Crippen LogP contribution in [0, 0.1) is 24.2 Å². The molecular weight excluding hydrogens is 378 g/mol. The summed E-state index contributed by atoms with van der Waals surface area (Å²) in [6.07, 6.45) is 7.08. The second-order valence-corrected chi connectivity index (χ2v) is 10.5. The molecule has 5 rings (SSSR count). The number of hydrogen-bond donors (Lipinski definition) is 0. The molecule has 0 saturated heterocycles. The third kappa shape index (κ3) is 3.34. The summed E-state index contributed by atoms with van der Waals surface area (Å²) in [5.41, 5.74) is 1.11. The quantitative estimate of drug-likeness (QED) is 0.671. The van der Waals surface area contributed by atoms with E-state index >= 15 is 0 Å². The number of halogens is 1. The standard InChI is InChI=1S/C21H28BrNO2/c1-15-3-5-18(6-4-15)25-8-7-23(2)19(24)20-10-16-9-17(11-20)13-21(22,12-16)14-20/h3-6,16-17H,7-14H2,1-2H3. The topological polar surface area (TPSA) is 29.5 Å². The molecule has 4 aliphatic carbocycles. The van der Waals surface area contributed by atoms with Gasteiger partial charge in [0.1, 0.15) is 12.4 Å². The Morgan fingerprint density at radius 3 is 2.44 bits per heavy atom. The number of carbonyl (C=O) groups is 1. The molecular formula is C21H28BrNO2. The highest BCUT2D eigenvalue weighted by atomic mass is 79.9. The summed E-state index contributed by atoms with van der Waals surface area (Å²) in [5.74, 6) is 2.70. The first kappa shape index (κ1) is 17.4. The van der Waals surface area contributed by atoms with Gasteiger partial charge in [0.2, 0.25) is 5.91 Å². The van der Waals surface area contributed by atoms with E-state index in [-0.39, 0.29) is 9.74 Å². The van der Waals surface area contributed by atoms with Crippen LogP contribution in [0.3, 0.4) is 0 Å². The van der Waals surface area contributed by atoms with E-state index in [0.29, 0.717) is 19.1 Å². The fourth-order valence-corrected chi connectivity index (χ4v) is 7.29. The Morgan fingerprint density at radius 1 is 1.20 bits per heavy atom. The third-order valence-electron chi connectivity index (χ3n) is 6.51. The zero-order chi connectivity index (χ0) is 17.7. The average Bonchev–Trinajstić information content (AvgIpc) is 2.53. The van der Waals surface area contributed by atoms with Crippen LogP contribution >= 0.6 is 15.9 Å². The largest absolute Gasteiger partial charge is 0.492 e. The Kier molecular flexibility index (Phi) is 4.38. The van der Waals surface area contributed by atoms with Crippen LogP contribution in [0.1, 0.15) is 44.1 Å². The van der Waals surface area contributed by atoms with Crippen LogP contribution in [0.4, 0.5) is 0 Å². The average molecular weight is 406 g/mol. The summed E-state index contributed by atoms with van der Waals surface area (Å²) >= 11 is 4.00. The summed E-state index contributed by atoms with van der Waals surface area (Å²) in [6, 6.07) is 8.08. The summed E-state index contributed by atoms with van der Waals surface area (Å²) in [7, 11) is 1.94. The lowest BCUT2D eigenvalue weighted by molar-refractivity contribution is -0.154. The lowest BCUT2D eigenvalue weighted by atomic mass is 9.49. The van der Waals surface area contributed by atoms with Crippen LogP contribution in [0.5, 0.6) is 5.75 Å². The minimum atomic E-state index is -0.119. The first-order chi connectivity index (χ1) is 11.9. The maximum atomic E-state index is 13.3. The van der Waals surface area contributed by atoms with Gasteiger partial charge in [0.25, 0.3) is 0 Å². The highest BCUT2D eigenvalue weighted by molar-refractivity contribution is 9.10. The van der Waals surface area contributed by atoms with Gasteiger partial charge in [-0.15, -0.1) is 0 Å². The molecule has 136 valence electrons. The molecule has 2 atom stereocenters. The minimum absolute atomic E-state index is 0.119. The highest BCUT2D eigenvalue weighted by Crippen LogP contribution is 2.64. The zero-order valence-corrected chi connectivity index (χ0v) is 16.8. The van der Waals surface area contributed by atoms with Crippen molar-refractivity contribution in [1.82, 2.24) is 4.90 Å². The third-order valence-corrected chi connectivity index (χ3v) is 7.43. The molecule has 0 aromatic heterocycles. The van der Waals surface area contributed by atoms with Crippen molar-refractivity contribution in [2.75, 3.05) is 20.2 Å². The van der Waals surface area contributed by atoms with Crippen LogP contribution in [0.2, 0.25) is 0 Å². The second-order valence-electron chi connectivity index (χ2n) is 8.78. The van der Waals surface area contributed by atoms with Crippen LogP contribution < -0.4 is 4.74 Å². The fraction of sp³-hybridized carbons (Fsp3) is 0.667. The normalized spacial score (nSPS) is 35.6. The molecule has 1 aromatic rings. The van der Waals surface area contributed by atoms with E-state index in [9.17, 15) is 4.79 Å². The molecule has 0 N–H and O–H groups in total. The van der Waals surface area contributed by atoms with Gasteiger partial charge in [0, 0.05) is 11.4 Å². The first-order valence-electron chi connectivity index (χ1n) is 9.52. The van der Waals surface area contributed by atoms with Crippen molar-refractivity contribution in [2.24, 2.45) is 17.3 Å². The van der Waals surface area contributed by atoms with Gasteiger partial charge in [-0.2, -0.15) is 0 Å². The maximum absolute atomic E-state index is 13.3. The maximum Gasteiger partial charge on any atom is 0.228 e. The molecule has 0 aliphatic heterocycles. The van der Waals surface area contributed by atoms with E-state index in [0.717, 1.165) is 36.8 Å². The summed E-state index contributed by atoms with van der Waals surface area (Å²) < 4.78 is 6.05. The monoisotopic (exact) mass is 405 g/mol. The molecule has 4 fully saturated rings. The Hall–Kier alpha value is -1.03. The van der Waals surface area contributed by atoms with Gasteiger partial charge >= 0.3 is 0 Å². The number of likely N-dealkylation sites (N-methyl/N-ethyl adjacent to an activating group) is 1. The van der Waals surface area contributed by atoms with Crippen molar-refractivity contribution >= 4 is 21.8 Å². The molecule has 0 radical (unpaired) electrons. The minimum Gasteiger partial charge on any atom is -0.492 e. The smallest absolute Gasteiger partial charge is 0.228 e. The molecule has 0 heterocycles. The molecule has 4 bridgehead atoms. The van der Waals surface area contributed by atoms with Crippen LogP contribution in [-0.4, -0.2) is 35.3 Å². The van der Waals surface area contributed by atoms with Crippen molar-refractivity contribution in [3.63, 3.8) is 0 Å². The van der Waals surface area contributed by atoms with Crippen molar-refractivity contribution in [3.05, 3.63) is 29.8 Å². The first-order valence-corrected chi connectivity index (χ1v) is 10.3. The highest BCUT2D eigenvalue weighted by Gasteiger charge is 2.60. The van der Waals surface area contributed by atoms with Crippen LogP contribution in [0.15, 0.2) is 24.3 Å². The molecule has 2 unspecified atom stereocenters. The van der Waals surface area contributed by atoms with E-state index in [1.54, 1.807) is 0 Å². The second kappa shape index (κ2) is 6.29. The number of aryl methyl sites for hydroxylation is 1. The van der Waals surface area contributed by atoms with Gasteiger partial charge in [-0.3, -0.25) is 4.79 Å². The number of alkyl halides is 1. The summed E-state index contributed by atoms with van der Waals surface area (Å²) in [4.78, 5) is 15.2. The molecule has 4 heteroatoms. The zero-order valence-electron chi connectivity index (χ0n) is 15.3. The van der Waals surface area contributed by atoms with Gasteiger partial charge in [-0.1, -0.05) is 33.6 Å². The fourth-order valence-electron chi connectivity index (χ4n) is 5.84. The number of ether oxygens (including phenoxy) is 1. The van der Waals surface area contributed by atoms with Gasteiger partial charge in [-0.05, 0) is 69.4 Å². The predicted octanol–water partition coefficient (Wildman–Crippen LogP) is 4.57. The SMILES string of the molecule is Cc1ccc(OCCN(C)C(=O)C23CC4CC(CC(Br)(C4)C2)C3)cc1. The number of nitrogens with zero attached hydrogens (tertiary/aromatic N) is 1. The number of rotatable bonds is 5. The lowest BCUT2D eigenvalue weighted by Gasteiger charge is -2.59. The molecule has 0 spiro atoms. The molecule has 4 aliphatic rings. The van der Waals surface area contributed by atoms with Gasteiger partial charge in [0.05, 0.1) is 12.0 Å². The number of carbonyl (C=O) groups excluding carboxylic acids is 1. The van der Waals surface area contributed by atoms with Crippen molar-refractivity contribution in [1.29, 1.82) is 0 Å². The van der Waals surface area contributed by atoms with Gasteiger partial charge in [0.15, 0.2) is 0 Å². The molecule has 1 aromatic carbocycles. The van der Waals surface area contributed by atoms with E-state index in [1.165, 1.54) is 24.8 Å². The Bertz CT molecular complexity index is 642. The Balaban J connectivity index is 1.36. The summed E-state index contributed by atoms with van der Waals surface area (Å²) in [5, 5.41) is 0. The number of amides is 1. The van der Waals surface area contributed by atoms with Crippen molar-refractivity contribution < 1.29 is 9.53 Å².